The Labute approximate surface area is 179 Å². The zero-order chi connectivity index (χ0) is 21.3. The lowest BCUT2D eigenvalue weighted by molar-refractivity contribution is -0.139. The average molecular weight is 438 g/mol. The number of rotatable bonds is 4. The van der Waals surface area contributed by atoms with Crippen molar-refractivity contribution in [2.45, 2.75) is 35.5 Å². The highest BCUT2D eigenvalue weighted by molar-refractivity contribution is 7.82. The number of ether oxygens (including phenoxy) is 2. The standard InChI is InChI=1S/C24H24O4P2/c1-15-24-19(22(26)28-4)18(21(25)27-3)20(30(24)17-13-9-6-10-14-17)23(24,2)29(15)16-11-7-5-8-12-16/h5-15,20H,1-4H3. The zero-order valence-corrected chi connectivity index (χ0v) is 19.2. The zero-order valence-electron chi connectivity index (χ0n) is 17.5. The van der Waals surface area contributed by atoms with Crippen LogP contribution in [0, 0.1) is 0 Å². The van der Waals surface area contributed by atoms with E-state index in [2.05, 4.69) is 50.2 Å². The lowest BCUT2D eigenvalue weighted by Gasteiger charge is -2.78. The Bertz CT molecular complexity index is 1070. The molecule has 2 fully saturated rings. The van der Waals surface area contributed by atoms with Gasteiger partial charge in [-0.05, 0) is 16.3 Å². The highest BCUT2D eigenvalue weighted by Gasteiger charge is 2.89. The number of carbonyl (C=O) groups is 2. The van der Waals surface area contributed by atoms with E-state index in [1.54, 1.807) is 0 Å². The fourth-order valence-electron chi connectivity index (χ4n) is 6.35. The van der Waals surface area contributed by atoms with Crippen LogP contribution in [-0.4, -0.2) is 47.8 Å². The molecule has 3 aliphatic heterocycles. The predicted molar refractivity (Wildman–Crippen MR) is 121 cm³/mol. The first-order valence-electron chi connectivity index (χ1n) is 10.1. The molecule has 1 spiro atoms. The van der Waals surface area contributed by atoms with Crippen LogP contribution in [0.4, 0.5) is 0 Å². The van der Waals surface area contributed by atoms with Gasteiger partial charge in [-0.3, -0.25) is 0 Å². The molecule has 30 heavy (non-hydrogen) atoms. The van der Waals surface area contributed by atoms with E-state index in [1.807, 2.05) is 24.3 Å². The monoisotopic (exact) mass is 438 g/mol. The third-order valence-corrected chi connectivity index (χ3v) is 15.4. The Balaban J connectivity index is 1.74. The number of hydrogen-bond donors (Lipinski definition) is 0. The van der Waals surface area contributed by atoms with Gasteiger partial charge in [0.05, 0.1) is 25.4 Å². The molecule has 4 aliphatic rings. The van der Waals surface area contributed by atoms with E-state index in [0.29, 0.717) is 11.1 Å². The molecule has 6 heteroatoms. The van der Waals surface area contributed by atoms with Crippen molar-refractivity contribution in [1.29, 1.82) is 0 Å². The minimum Gasteiger partial charge on any atom is -0.466 e. The van der Waals surface area contributed by atoms with Gasteiger partial charge in [0, 0.05) is 16.0 Å². The van der Waals surface area contributed by atoms with Crippen molar-refractivity contribution in [3.63, 3.8) is 0 Å². The Morgan fingerprint density at radius 3 is 1.83 bits per heavy atom. The van der Waals surface area contributed by atoms with Crippen molar-refractivity contribution in [3.8, 4) is 0 Å². The summed E-state index contributed by atoms with van der Waals surface area (Å²) in [7, 11) is 1.50. The number of esters is 2. The van der Waals surface area contributed by atoms with Crippen molar-refractivity contribution >= 4 is 38.4 Å². The molecule has 6 rings (SSSR count). The molecular weight excluding hydrogens is 414 g/mol. The van der Waals surface area contributed by atoms with Gasteiger partial charge in [0.1, 0.15) is 0 Å². The molecule has 3 heterocycles. The maximum absolute atomic E-state index is 13.1. The molecule has 4 nitrogen and oxygen atoms in total. The summed E-state index contributed by atoms with van der Waals surface area (Å²) in [6.07, 6.45) is 0. The summed E-state index contributed by atoms with van der Waals surface area (Å²) < 4.78 is 10.4. The van der Waals surface area contributed by atoms with Crippen LogP contribution in [0.5, 0.6) is 0 Å². The molecule has 0 radical (unpaired) electrons. The molecule has 0 saturated carbocycles. The van der Waals surface area contributed by atoms with Crippen LogP contribution in [0.3, 0.4) is 0 Å². The Morgan fingerprint density at radius 2 is 1.33 bits per heavy atom. The molecule has 2 saturated heterocycles. The molecule has 2 aromatic rings. The van der Waals surface area contributed by atoms with Gasteiger partial charge in [-0.15, -0.1) is 0 Å². The van der Waals surface area contributed by atoms with E-state index < -0.39 is 15.8 Å². The van der Waals surface area contributed by atoms with Crippen LogP contribution < -0.4 is 10.6 Å². The summed E-state index contributed by atoms with van der Waals surface area (Å²) in [5.41, 5.74) is 1.44. The van der Waals surface area contributed by atoms with Gasteiger partial charge < -0.3 is 9.47 Å². The minimum atomic E-state index is -0.758. The molecule has 6 unspecified atom stereocenters. The van der Waals surface area contributed by atoms with Crippen LogP contribution in [0.2, 0.25) is 0 Å². The van der Waals surface area contributed by atoms with Crippen molar-refractivity contribution in [2.24, 2.45) is 0 Å². The maximum Gasteiger partial charge on any atom is 0.335 e. The van der Waals surface area contributed by atoms with E-state index in [9.17, 15) is 9.59 Å². The maximum atomic E-state index is 13.1. The van der Waals surface area contributed by atoms with Crippen LogP contribution in [0.15, 0.2) is 71.8 Å². The summed E-state index contributed by atoms with van der Waals surface area (Å²) in [4.78, 5) is 26.1. The third kappa shape index (κ3) is 2.05. The second-order valence-electron chi connectivity index (χ2n) is 8.18. The molecule has 154 valence electrons. The second kappa shape index (κ2) is 6.74. The smallest absolute Gasteiger partial charge is 0.335 e. The fourth-order valence-corrected chi connectivity index (χ4v) is 16.4. The Morgan fingerprint density at radius 1 is 0.833 bits per heavy atom. The van der Waals surface area contributed by atoms with Crippen molar-refractivity contribution in [1.82, 2.24) is 0 Å². The topological polar surface area (TPSA) is 52.6 Å². The van der Waals surface area contributed by atoms with Crippen LogP contribution >= 0.6 is 15.8 Å². The molecule has 1 aliphatic carbocycles. The first kappa shape index (κ1) is 19.9. The van der Waals surface area contributed by atoms with Crippen LogP contribution in [-0.2, 0) is 19.1 Å². The van der Waals surface area contributed by atoms with Crippen LogP contribution in [0.1, 0.15) is 13.8 Å². The van der Waals surface area contributed by atoms with Crippen molar-refractivity contribution in [3.05, 3.63) is 71.8 Å². The lowest BCUT2D eigenvalue weighted by Crippen LogP contribution is -2.78. The van der Waals surface area contributed by atoms with Crippen LogP contribution in [0.25, 0.3) is 0 Å². The average Bonchev–Trinajstić information content (AvgIpc) is 3.23. The molecule has 2 bridgehead atoms. The molecule has 2 aromatic carbocycles. The molecule has 6 atom stereocenters. The number of benzene rings is 2. The van der Waals surface area contributed by atoms with E-state index in [1.165, 1.54) is 24.8 Å². The minimum absolute atomic E-state index is 0.0129. The normalized spacial score (nSPS) is 35.7. The Kier molecular flexibility index (Phi) is 4.47. The summed E-state index contributed by atoms with van der Waals surface area (Å²) in [6.45, 7) is 4.55. The van der Waals surface area contributed by atoms with Crippen molar-refractivity contribution < 1.29 is 19.1 Å². The summed E-state index contributed by atoms with van der Waals surface area (Å²) >= 11 is 0. The van der Waals surface area contributed by atoms with Gasteiger partial charge in [0.2, 0.25) is 0 Å². The summed E-state index contributed by atoms with van der Waals surface area (Å²) in [5, 5.41) is 2.09. The molecular formula is C24H24O4P2. The lowest BCUT2D eigenvalue weighted by atomic mass is 9.83. The van der Waals surface area contributed by atoms with E-state index in [-0.39, 0.29) is 33.6 Å². The molecule has 0 aromatic heterocycles. The predicted octanol–water partition coefficient (Wildman–Crippen LogP) is 3.54. The van der Waals surface area contributed by atoms with E-state index in [4.69, 9.17) is 9.47 Å². The summed E-state index contributed by atoms with van der Waals surface area (Å²) in [6, 6.07) is 21.0. The third-order valence-electron chi connectivity index (χ3n) is 7.22. The van der Waals surface area contributed by atoms with Crippen molar-refractivity contribution in [2.75, 3.05) is 14.2 Å². The number of carbonyl (C=O) groups excluding carboxylic acids is 2. The van der Waals surface area contributed by atoms with Gasteiger partial charge in [0.15, 0.2) is 0 Å². The van der Waals surface area contributed by atoms with Gasteiger partial charge in [0.25, 0.3) is 0 Å². The van der Waals surface area contributed by atoms with E-state index >= 15 is 0 Å². The Hall–Kier alpha value is -2.02. The first-order valence-corrected chi connectivity index (χ1v) is 12.9. The van der Waals surface area contributed by atoms with Gasteiger partial charge in [-0.2, -0.15) is 0 Å². The fraction of sp³-hybridized carbons (Fsp3) is 0.333. The highest BCUT2D eigenvalue weighted by Crippen LogP contribution is 2.98. The SMILES string of the molecule is COC(=O)C1=C(C(=O)OC)C23C(C)P(c4ccccc4)C2(C)C1P3c1ccccc1. The highest BCUT2D eigenvalue weighted by atomic mass is 31.1. The summed E-state index contributed by atoms with van der Waals surface area (Å²) in [5.74, 6) is -0.758. The first-order chi connectivity index (χ1) is 14.5. The van der Waals surface area contributed by atoms with E-state index in [0.717, 1.165) is 0 Å². The van der Waals surface area contributed by atoms with Gasteiger partial charge in [-0.25, -0.2) is 9.59 Å². The number of methoxy groups -OCH3 is 2. The number of hydrogen-bond acceptors (Lipinski definition) is 4. The second-order valence-corrected chi connectivity index (χ2v) is 13.6. The largest absolute Gasteiger partial charge is 0.466 e. The molecule has 0 N–H and O–H groups in total. The quantitative estimate of drug-likeness (QED) is 0.542. The molecule has 0 amide bonds. The van der Waals surface area contributed by atoms with Gasteiger partial charge in [-0.1, -0.05) is 90.4 Å². The van der Waals surface area contributed by atoms with Gasteiger partial charge >= 0.3 is 11.9 Å².